The molecule has 1 aromatic heterocycles. The number of nitrogen functional groups attached to an aromatic ring is 1. The first kappa shape index (κ1) is 12.0. The summed E-state index contributed by atoms with van der Waals surface area (Å²) in [5.41, 5.74) is 6.71. The second-order valence-corrected chi connectivity index (χ2v) is 4.51. The summed E-state index contributed by atoms with van der Waals surface area (Å²) in [5, 5.41) is 9.03. The van der Waals surface area contributed by atoms with Crippen molar-refractivity contribution in [1.82, 2.24) is 9.88 Å². The monoisotopic (exact) mass is 237 g/mol. The summed E-state index contributed by atoms with van der Waals surface area (Å²) >= 11 is 0. The normalized spacial score (nSPS) is 20.5. The van der Waals surface area contributed by atoms with Crippen molar-refractivity contribution in [2.24, 2.45) is 0 Å². The molecule has 0 saturated carbocycles. The van der Waals surface area contributed by atoms with Gasteiger partial charge in [-0.2, -0.15) is 0 Å². The molecule has 1 atom stereocenters. The van der Waals surface area contributed by atoms with Gasteiger partial charge in [0.25, 0.3) is 5.91 Å². The molecular formula is C12H19N3O2. The molecule has 2 heterocycles. The summed E-state index contributed by atoms with van der Waals surface area (Å²) in [7, 11) is 0. The van der Waals surface area contributed by atoms with Crippen molar-refractivity contribution in [3.05, 3.63) is 18.0 Å². The number of aromatic amines is 1. The Morgan fingerprint density at radius 2 is 2.41 bits per heavy atom. The second kappa shape index (κ2) is 5.23. The van der Waals surface area contributed by atoms with Crippen molar-refractivity contribution >= 4 is 11.6 Å². The maximum Gasteiger partial charge on any atom is 0.270 e. The summed E-state index contributed by atoms with van der Waals surface area (Å²) < 4.78 is 0. The Bertz CT molecular complexity index is 387. The number of nitrogens with one attached hydrogen (secondary N) is 1. The van der Waals surface area contributed by atoms with Gasteiger partial charge in [-0.05, 0) is 31.7 Å². The van der Waals surface area contributed by atoms with Gasteiger partial charge < -0.3 is 20.7 Å². The van der Waals surface area contributed by atoms with E-state index < -0.39 is 0 Å². The molecule has 0 bridgehead atoms. The standard InChI is InChI=1S/C12H19N3O2/c13-9-7-11(14-8-9)12(17)15-5-2-1-3-10(15)4-6-16/h7-8,10,14,16H,1-6,13H2. The van der Waals surface area contributed by atoms with Crippen molar-refractivity contribution in [2.75, 3.05) is 18.9 Å². The molecule has 1 unspecified atom stereocenters. The molecule has 1 aliphatic heterocycles. The summed E-state index contributed by atoms with van der Waals surface area (Å²) in [6.07, 6.45) is 5.41. The molecule has 0 aromatic carbocycles. The van der Waals surface area contributed by atoms with Gasteiger partial charge in [-0.3, -0.25) is 4.79 Å². The number of hydrogen-bond donors (Lipinski definition) is 3. The van der Waals surface area contributed by atoms with Gasteiger partial charge in [0.05, 0.1) is 0 Å². The summed E-state index contributed by atoms with van der Waals surface area (Å²) in [4.78, 5) is 17.0. The number of hydrogen-bond acceptors (Lipinski definition) is 3. The molecule has 1 fully saturated rings. The Labute approximate surface area is 101 Å². The van der Waals surface area contributed by atoms with Crippen LogP contribution in [0.3, 0.4) is 0 Å². The first-order chi connectivity index (χ1) is 8.22. The third kappa shape index (κ3) is 2.61. The minimum absolute atomic E-state index is 0.0140. The lowest BCUT2D eigenvalue weighted by Crippen LogP contribution is -2.44. The van der Waals surface area contributed by atoms with Crippen LogP contribution in [0.1, 0.15) is 36.2 Å². The van der Waals surface area contributed by atoms with Gasteiger partial charge in [0.1, 0.15) is 5.69 Å². The lowest BCUT2D eigenvalue weighted by molar-refractivity contribution is 0.0569. The van der Waals surface area contributed by atoms with Crippen molar-refractivity contribution in [1.29, 1.82) is 0 Å². The number of amides is 1. The number of rotatable bonds is 3. The summed E-state index contributed by atoms with van der Waals surface area (Å²) in [5.74, 6) is -0.0140. The third-order valence-corrected chi connectivity index (χ3v) is 3.29. The number of likely N-dealkylation sites (tertiary alicyclic amines) is 1. The minimum atomic E-state index is -0.0140. The molecule has 0 radical (unpaired) electrons. The maximum absolute atomic E-state index is 12.3. The first-order valence-corrected chi connectivity index (χ1v) is 6.08. The summed E-state index contributed by atoms with van der Waals surface area (Å²) in [6, 6.07) is 1.82. The van der Waals surface area contributed by atoms with Crippen LogP contribution >= 0.6 is 0 Å². The lowest BCUT2D eigenvalue weighted by Gasteiger charge is -2.35. The van der Waals surface area contributed by atoms with E-state index >= 15 is 0 Å². The van der Waals surface area contributed by atoms with Crippen LogP contribution in [-0.4, -0.2) is 40.1 Å². The Balaban J connectivity index is 2.10. The topological polar surface area (TPSA) is 82.4 Å². The molecular weight excluding hydrogens is 218 g/mol. The minimum Gasteiger partial charge on any atom is -0.397 e. The Hall–Kier alpha value is -1.49. The Morgan fingerprint density at radius 1 is 1.59 bits per heavy atom. The fourth-order valence-corrected chi connectivity index (χ4v) is 2.41. The zero-order valence-electron chi connectivity index (χ0n) is 9.85. The largest absolute Gasteiger partial charge is 0.397 e. The molecule has 2 rings (SSSR count). The molecule has 17 heavy (non-hydrogen) atoms. The lowest BCUT2D eigenvalue weighted by atomic mass is 9.99. The van der Waals surface area contributed by atoms with Gasteiger partial charge in [0, 0.05) is 31.1 Å². The number of nitrogens with zero attached hydrogens (tertiary/aromatic N) is 1. The number of aromatic nitrogens is 1. The van der Waals surface area contributed by atoms with Gasteiger partial charge in [0.2, 0.25) is 0 Å². The van der Waals surface area contributed by atoms with E-state index in [0.717, 1.165) is 25.8 Å². The van der Waals surface area contributed by atoms with Crippen LogP contribution in [-0.2, 0) is 0 Å². The smallest absolute Gasteiger partial charge is 0.270 e. The van der Waals surface area contributed by atoms with Gasteiger partial charge in [0.15, 0.2) is 0 Å². The number of aliphatic hydroxyl groups excluding tert-OH is 1. The third-order valence-electron chi connectivity index (χ3n) is 3.29. The van der Waals surface area contributed by atoms with Crippen molar-refractivity contribution in [3.63, 3.8) is 0 Å². The number of carbonyl (C=O) groups excluding carboxylic acids is 1. The number of anilines is 1. The molecule has 0 spiro atoms. The van der Waals surface area contributed by atoms with Crippen molar-refractivity contribution < 1.29 is 9.90 Å². The molecule has 4 N–H and O–H groups in total. The van der Waals surface area contributed by atoms with Gasteiger partial charge in [-0.15, -0.1) is 0 Å². The van der Waals surface area contributed by atoms with Crippen LogP contribution < -0.4 is 5.73 Å². The van der Waals surface area contributed by atoms with Crippen LogP contribution in [0, 0.1) is 0 Å². The molecule has 1 amide bonds. The highest BCUT2D eigenvalue weighted by atomic mass is 16.3. The molecule has 94 valence electrons. The van der Waals surface area contributed by atoms with E-state index in [1.54, 1.807) is 12.3 Å². The van der Waals surface area contributed by atoms with E-state index in [4.69, 9.17) is 10.8 Å². The number of H-pyrrole nitrogens is 1. The van der Waals surface area contributed by atoms with E-state index in [0.29, 0.717) is 17.8 Å². The van der Waals surface area contributed by atoms with E-state index in [1.165, 1.54) is 0 Å². The molecule has 0 aliphatic carbocycles. The molecule has 1 saturated heterocycles. The number of piperidine rings is 1. The van der Waals surface area contributed by atoms with E-state index in [-0.39, 0.29) is 18.6 Å². The number of aliphatic hydroxyl groups is 1. The predicted molar refractivity (Wildman–Crippen MR) is 65.6 cm³/mol. The highest BCUT2D eigenvalue weighted by Crippen LogP contribution is 2.21. The fourth-order valence-electron chi connectivity index (χ4n) is 2.41. The maximum atomic E-state index is 12.3. The van der Waals surface area contributed by atoms with Gasteiger partial charge in [-0.1, -0.05) is 0 Å². The number of nitrogens with two attached hydrogens (primary N) is 1. The quantitative estimate of drug-likeness (QED) is 0.732. The zero-order chi connectivity index (χ0) is 12.3. The summed E-state index contributed by atoms with van der Waals surface area (Å²) in [6.45, 7) is 0.893. The second-order valence-electron chi connectivity index (χ2n) is 4.51. The van der Waals surface area contributed by atoms with Gasteiger partial charge in [-0.25, -0.2) is 0 Å². The Morgan fingerprint density at radius 3 is 3.06 bits per heavy atom. The molecule has 5 heteroatoms. The van der Waals surface area contributed by atoms with E-state index in [1.807, 2.05) is 4.90 Å². The molecule has 1 aliphatic rings. The highest BCUT2D eigenvalue weighted by molar-refractivity contribution is 5.93. The van der Waals surface area contributed by atoms with Crippen molar-refractivity contribution in [3.8, 4) is 0 Å². The van der Waals surface area contributed by atoms with Crippen LogP contribution in [0.2, 0.25) is 0 Å². The van der Waals surface area contributed by atoms with Crippen LogP contribution in [0.4, 0.5) is 5.69 Å². The van der Waals surface area contributed by atoms with Crippen LogP contribution in [0.15, 0.2) is 12.3 Å². The van der Waals surface area contributed by atoms with E-state index in [9.17, 15) is 4.79 Å². The average Bonchev–Trinajstić information content (AvgIpc) is 2.76. The average molecular weight is 237 g/mol. The van der Waals surface area contributed by atoms with Crippen LogP contribution in [0.5, 0.6) is 0 Å². The van der Waals surface area contributed by atoms with Gasteiger partial charge >= 0.3 is 0 Å². The fraction of sp³-hybridized carbons (Fsp3) is 0.583. The highest BCUT2D eigenvalue weighted by Gasteiger charge is 2.27. The van der Waals surface area contributed by atoms with E-state index in [2.05, 4.69) is 4.98 Å². The molecule has 5 nitrogen and oxygen atoms in total. The van der Waals surface area contributed by atoms with Crippen LogP contribution in [0.25, 0.3) is 0 Å². The Kier molecular flexibility index (Phi) is 3.68. The van der Waals surface area contributed by atoms with Crippen molar-refractivity contribution in [2.45, 2.75) is 31.7 Å². The molecule has 1 aromatic rings. The zero-order valence-corrected chi connectivity index (χ0v) is 9.85. The first-order valence-electron chi connectivity index (χ1n) is 6.08. The predicted octanol–water partition coefficient (Wildman–Crippen LogP) is 0.974. The SMILES string of the molecule is Nc1c[nH]c(C(=O)N2CCCCC2CCO)c1. The number of carbonyl (C=O) groups is 1.